The molecular weight excluding hydrogens is 212 g/mol. The van der Waals surface area contributed by atoms with E-state index in [4.69, 9.17) is 0 Å². The Bertz CT molecular complexity index is 234. The van der Waals surface area contributed by atoms with Gasteiger partial charge in [-0.25, -0.2) is 0 Å². The summed E-state index contributed by atoms with van der Waals surface area (Å²) in [5, 5.41) is 3.35. The number of unbranched alkanes of at least 4 members (excludes halogenated alkanes) is 1. The van der Waals surface area contributed by atoms with Crippen molar-refractivity contribution in [3.05, 3.63) is 12.7 Å². The number of hydrogen-bond acceptors (Lipinski definition) is 2. The maximum atomic E-state index is 11.9. The van der Waals surface area contributed by atoms with Crippen LogP contribution < -0.4 is 5.32 Å². The molecule has 3 nitrogen and oxygen atoms in total. The summed E-state index contributed by atoms with van der Waals surface area (Å²) in [6, 6.07) is 0. The van der Waals surface area contributed by atoms with Crippen molar-refractivity contribution < 1.29 is 4.79 Å². The number of nitrogens with zero attached hydrogens (tertiary/aromatic N) is 1. The van der Waals surface area contributed by atoms with Crippen molar-refractivity contribution in [1.29, 1.82) is 0 Å². The van der Waals surface area contributed by atoms with Crippen LogP contribution in [0.1, 0.15) is 38.5 Å². The Morgan fingerprint density at radius 1 is 1.47 bits per heavy atom. The lowest BCUT2D eigenvalue weighted by Crippen LogP contribution is -2.30. The average molecular weight is 238 g/mol. The Labute approximate surface area is 105 Å². The second-order valence-corrected chi connectivity index (χ2v) is 4.98. The molecule has 0 saturated carbocycles. The molecule has 0 unspecified atom stereocenters. The van der Waals surface area contributed by atoms with E-state index < -0.39 is 0 Å². The number of carbonyl (C=O) groups is 1. The summed E-state index contributed by atoms with van der Waals surface area (Å²) in [6.45, 7) is 6.79. The standard InChI is InChI=1S/C14H26N2O/c1-3-4-5-12-16(2)14(17)7-6-13-8-10-15-11-9-13/h3,13,15H,1,4-12H2,2H3. The third-order valence-corrected chi connectivity index (χ3v) is 3.55. The van der Waals surface area contributed by atoms with Crippen molar-refractivity contribution in [2.75, 3.05) is 26.7 Å². The maximum Gasteiger partial charge on any atom is 0.222 e. The molecule has 17 heavy (non-hydrogen) atoms. The van der Waals surface area contributed by atoms with E-state index in [1.54, 1.807) is 0 Å². The lowest BCUT2D eigenvalue weighted by molar-refractivity contribution is -0.130. The van der Waals surface area contributed by atoms with Crippen LogP contribution in [0.15, 0.2) is 12.7 Å². The normalized spacial score (nSPS) is 16.8. The van der Waals surface area contributed by atoms with E-state index >= 15 is 0 Å². The lowest BCUT2D eigenvalue weighted by atomic mass is 9.93. The van der Waals surface area contributed by atoms with Gasteiger partial charge in [0.05, 0.1) is 0 Å². The van der Waals surface area contributed by atoms with Gasteiger partial charge in [0, 0.05) is 20.0 Å². The summed E-state index contributed by atoms with van der Waals surface area (Å²) >= 11 is 0. The molecule has 98 valence electrons. The van der Waals surface area contributed by atoms with Gasteiger partial charge >= 0.3 is 0 Å². The van der Waals surface area contributed by atoms with Crippen LogP contribution in [-0.2, 0) is 4.79 Å². The highest BCUT2D eigenvalue weighted by molar-refractivity contribution is 5.75. The van der Waals surface area contributed by atoms with Crippen molar-refractivity contribution in [2.45, 2.75) is 38.5 Å². The Kier molecular flexibility index (Phi) is 6.94. The first-order valence-corrected chi connectivity index (χ1v) is 6.79. The highest BCUT2D eigenvalue weighted by Gasteiger charge is 2.15. The van der Waals surface area contributed by atoms with E-state index in [-0.39, 0.29) is 0 Å². The van der Waals surface area contributed by atoms with Crippen LogP contribution in [-0.4, -0.2) is 37.5 Å². The summed E-state index contributed by atoms with van der Waals surface area (Å²) in [7, 11) is 1.91. The molecule has 0 spiro atoms. The molecule has 1 rings (SSSR count). The molecule has 1 heterocycles. The monoisotopic (exact) mass is 238 g/mol. The number of nitrogens with one attached hydrogen (secondary N) is 1. The number of rotatable bonds is 7. The molecule has 0 bridgehead atoms. The Morgan fingerprint density at radius 3 is 2.82 bits per heavy atom. The summed E-state index contributed by atoms with van der Waals surface area (Å²) in [5.74, 6) is 1.05. The molecule has 1 saturated heterocycles. The van der Waals surface area contributed by atoms with Gasteiger partial charge in [0.25, 0.3) is 0 Å². The highest BCUT2D eigenvalue weighted by Crippen LogP contribution is 2.18. The Hall–Kier alpha value is -0.830. The summed E-state index contributed by atoms with van der Waals surface area (Å²) < 4.78 is 0. The van der Waals surface area contributed by atoms with Gasteiger partial charge in [-0.05, 0) is 51.1 Å². The minimum atomic E-state index is 0.299. The fourth-order valence-corrected chi connectivity index (χ4v) is 2.29. The van der Waals surface area contributed by atoms with Gasteiger partial charge in [-0.3, -0.25) is 4.79 Å². The first-order chi connectivity index (χ1) is 8.24. The summed E-state index contributed by atoms with van der Waals surface area (Å²) in [6.07, 6.45) is 8.17. The van der Waals surface area contributed by atoms with Crippen LogP contribution in [0.5, 0.6) is 0 Å². The smallest absolute Gasteiger partial charge is 0.222 e. The van der Waals surface area contributed by atoms with Crippen molar-refractivity contribution >= 4 is 5.91 Å². The third-order valence-electron chi connectivity index (χ3n) is 3.55. The molecule has 0 aliphatic carbocycles. The average Bonchev–Trinajstić information content (AvgIpc) is 2.37. The van der Waals surface area contributed by atoms with Crippen LogP contribution >= 0.6 is 0 Å². The molecule has 3 heteroatoms. The number of hydrogen-bond donors (Lipinski definition) is 1. The quantitative estimate of drug-likeness (QED) is 0.545. The van der Waals surface area contributed by atoms with Gasteiger partial charge in [-0.2, -0.15) is 0 Å². The molecular formula is C14H26N2O. The number of piperidine rings is 1. The summed E-state index contributed by atoms with van der Waals surface area (Å²) in [5.41, 5.74) is 0. The van der Waals surface area contributed by atoms with Gasteiger partial charge in [0.1, 0.15) is 0 Å². The fourth-order valence-electron chi connectivity index (χ4n) is 2.29. The van der Waals surface area contributed by atoms with Gasteiger partial charge in [0.15, 0.2) is 0 Å². The molecule has 0 atom stereocenters. The predicted octanol–water partition coefficient (Wildman–Crippen LogP) is 2.19. The second-order valence-electron chi connectivity index (χ2n) is 4.98. The topological polar surface area (TPSA) is 32.3 Å². The summed E-state index contributed by atoms with van der Waals surface area (Å²) in [4.78, 5) is 13.7. The van der Waals surface area contributed by atoms with Crippen LogP contribution in [0.2, 0.25) is 0 Å². The third kappa shape index (κ3) is 5.87. The zero-order chi connectivity index (χ0) is 12.5. The molecule has 0 radical (unpaired) electrons. The molecule has 1 aliphatic heterocycles. The van der Waals surface area contributed by atoms with Gasteiger partial charge in [0.2, 0.25) is 5.91 Å². The minimum Gasteiger partial charge on any atom is -0.346 e. The van der Waals surface area contributed by atoms with Crippen molar-refractivity contribution in [3.63, 3.8) is 0 Å². The molecule has 1 fully saturated rings. The van der Waals surface area contributed by atoms with E-state index in [0.29, 0.717) is 5.91 Å². The molecule has 1 N–H and O–H groups in total. The highest BCUT2D eigenvalue weighted by atomic mass is 16.2. The number of amides is 1. The Morgan fingerprint density at radius 2 is 2.18 bits per heavy atom. The Balaban J connectivity index is 2.12. The zero-order valence-corrected chi connectivity index (χ0v) is 11.1. The fraction of sp³-hybridized carbons (Fsp3) is 0.786. The maximum absolute atomic E-state index is 11.9. The van der Waals surface area contributed by atoms with E-state index in [2.05, 4.69) is 11.9 Å². The molecule has 1 aliphatic rings. The molecule has 0 aromatic rings. The van der Waals surface area contributed by atoms with E-state index in [0.717, 1.165) is 51.2 Å². The van der Waals surface area contributed by atoms with Crippen LogP contribution in [0.4, 0.5) is 0 Å². The van der Waals surface area contributed by atoms with Crippen molar-refractivity contribution in [2.24, 2.45) is 5.92 Å². The van der Waals surface area contributed by atoms with Gasteiger partial charge < -0.3 is 10.2 Å². The lowest BCUT2D eigenvalue weighted by Gasteiger charge is -2.23. The van der Waals surface area contributed by atoms with Crippen LogP contribution in [0, 0.1) is 5.92 Å². The predicted molar refractivity (Wildman–Crippen MR) is 71.9 cm³/mol. The van der Waals surface area contributed by atoms with E-state index in [9.17, 15) is 4.79 Å². The van der Waals surface area contributed by atoms with E-state index in [1.807, 2.05) is 18.0 Å². The van der Waals surface area contributed by atoms with Crippen molar-refractivity contribution in [1.82, 2.24) is 10.2 Å². The van der Waals surface area contributed by atoms with Gasteiger partial charge in [-0.15, -0.1) is 6.58 Å². The molecule has 0 aromatic carbocycles. The molecule has 0 aromatic heterocycles. The number of allylic oxidation sites excluding steroid dienone is 1. The first-order valence-electron chi connectivity index (χ1n) is 6.79. The largest absolute Gasteiger partial charge is 0.346 e. The van der Waals surface area contributed by atoms with Crippen LogP contribution in [0.25, 0.3) is 0 Å². The minimum absolute atomic E-state index is 0.299. The molecule has 1 amide bonds. The van der Waals surface area contributed by atoms with Crippen LogP contribution in [0.3, 0.4) is 0 Å². The second kappa shape index (κ2) is 8.29. The zero-order valence-electron chi connectivity index (χ0n) is 11.1. The number of carbonyl (C=O) groups excluding carboxylic acids is 1. The van der Waals surface area contributed by atoms with Gasteiger partial charge in [-0.1, -0.05) is 6.08 Å². The van der Waals surface area contributed by atoms with E-state index in [1.165, 1.54) is 12.8 Å². The first kappa shape index (κ1) is 14.2. The van der Waals surface area contributed by atoms with Crippen molar-refractivity contribution in [3.8, 4) is 0 Å². The SMILES string of the molecule is C=CCCCN(C)C(=O)CCC1CCNCC1.